The molecule has 0 N–H and O–H groups in total. The average Bonchev–Trinajstić information content (AvgIpc) is 3.08. The Labute approximate surface area is 152 Å². The molecule has 0 saturated carbocycles. The van der Waals surface area contributed by atoms with Crippen LogP contribution < -0.4 is 4.90 Å². The van der Waals surface area contributed by atoms with E-state index in [1.54, 1.807) is 25.1 Å². The van der Waals surface area contributed by atoms with Crippen molar-refractivity contribution in [3.8, 4) is 0 Å². The summed E-state index contributed by atoms with van der Waals surface area (Å²) >= 11 is 1.21. The van der Waals surface area contributed by atoms with Crippen LogP contribution in [0.15, 0.2) is 32.8 Å². The maximum atomic E-state index is 12.8. The highest BCUT2D eigenvalue weighted by Crippen LogP contribution is 2.35. The average molecular weight is 408 g/mol. The third-order valence-electron chi connectivity index (χ3n) is 3.02. The van der Waals surface area contributed by atoms with Gasteiger partial charge in [0.05, 0.1) is 0 Å². The lowest BCUT2D eigenvalue weighted by Crippen LogP contribution is -2.11. The monoisotopic (exact) mass is 408 g/mol. The van der Waals surface area contributed by atoms with Crippen molar-refractivity contribution in [2.75, 3.05) is 19.0 Å². The van der Waals surface area contributed by atoms with Crippen molar-refractivity contribution in [1.29, 1.82) is 0 Å². The van der Waals surface area contributed by atoms with E-state index in [0.717, 1.165) is 5.01 Å². The maximum Gasteiger partial charge on any atom is 0.345 e. The number of alkyl halides is 2. The van der Waals surface area contributed by atoms with Crippen molar-refractivity contribution in [2.45, 2.75) is 19.1 Å². The van der Waals surface area contributed by atoms with E-state index in [2.05, 4.69) is 29.2 Å². The van der Waals surface area contributed by atoms with Crippen molar-refractivity contribution in [2.24, 2.45) is 14.6 Å². The summed E-state index contributed by atoms with van der Waals surface area (Å²) in [4.78, 5) is 1.65. The maximum absolute atomic E-state index is 12.8. The molecule has 0 aliphatic heterocycles. The predicted molar refractivity (Wildman–Crippen MR) is 92.7 cm³/mol. The van der Waals surface area contributed by atoms with Crippen molar-refractivity contribution in [1.82, 2.24) is 10.2 Å². The quantitative estimate of drug-likeness (QED) is 0.618. The summed E-state index contributed by atoms with van der Waals surface area (Å²) in [5, 5.41) is 16.4. The van der Waals surface area contributed by atoms with Gasteiger partial charge in [0.2, 0.25) is 0 Å². The molecule has 0 saturated heterocycles. The fourth-order valence-electron chi connectivity index (χ4n) is 1.69. The number of hydrogen-bond donors (Lipinski definition) is 0. The van der Waals surface area contributed by atoms with E-state index in [-0.39, 0.29) is 16.5 Å². The van der Waals surface area contributed by atoms with Crippen molar-refractivity contribution < 1.29 is 21.9 Å². The number of aryl methyl sites for hydroxylation is 1. The molecule has 0 fully saturated rings. The summed E-state index contributed by atoms with van der Waals surface area (Å²) in [5.41, 5.74) is 0.277. The molecular weight excluding hydrogens is 393 g/mol. The van der Waals surface area contributed by atoms with Gasteiger partial charge in [-0.05, 0) is 29.1 Å². The van der Waals surface area contributed by atoms with Gasteiger partial charge in [-0.2, -0.15) is 13.1 Å². The number of halogens is 3. The SMILES string of the molecule is CCc1nnc(N=Nc2ccc(N(C)C)cc2N=S(=O)(OF)C(F)F)s1. The van der Waals surface area contributed by atoms with Gasteiger partial charge >= 0.3 is 5.76 Å². The fourth-order valence-corrected chi connectivity index (χ4v) is 2.87. The molecule has 142 valence electrons. The largest absolute Gasteiger partial charge is 0.378 e. The van der Waals surface area contributed by atoms with Crippen LogP contribution in [0.2, 0.25) is 0 Å². The molecule has 1 aromatic heterocycles. The number of azo groups is 1. The predicted octanol–water partition coefficient (Wildman–Crippen LogP) is 4.72. The van der Waals surface area contributed by atoms with Crippen LogP contribution in [0.3, 0.4) is 0 Å². The van der Waals surface area contributed by atoms with Gasteiger partial charge < -0.3 is 4.90 Å². The standard InChI is InChI=1S/C13H15F3N6O2S2/c1-4-11-18-20-13(25-11)19-17-9-6-5-8(22(2)3)7-10(9)21-26(23,24-16)12(14)15/h5-7,12H,4H2,1-3H3. The summed E-state index contributed by atoms with van der Waals surface area (Å²) in [6, 6.07) is 4.35. The molecule has 1 aromatic carbocycles. The van der Waals surface area contributed by atoms with Gasteiger partial charge in [-0.15, -0.1) is 20.4 Å². The number of anilines is 1. The van der Waals surface area contributed by atoms with Gasteiger partial charge in [-0.3, -0.25) is 0 Å². The van der Waals surface area contributed by atoms with Crippen molar-refractivity contribution >= 4 is 43.5 Å². The Morgan fingerprint density at radius 3 is 2.54 bits per heavy atom. The smallest absolute Gasteiger partial charge is 0.345 e. The molecule has 2 aromatic rings. The summed E-state index contributed by atoms with van der Waals surface area (Å²) in [5.74, 6) is -3.64. The van der Waals surface area contributed by atoms with Crippen LogP contribution in [-0.4, -0.2) is 34.3 Å². The first-order chi connectivity index (χ1) is 12.3. The van der Waals surface area contributed by atoms with Gasteiger partial charge in [0.1, 0.15) is 16.4 Å². The van der Waals surface area contributed by atoms with Crippen LogP contribution in [0.4, 0.5) is 35.5 Å². The number of benzene rings is 1. The zero-order valence-corrected chi connectivity index (χ0v) is 15.6. The highest BCUT2D eigenvalue weighted by molar-refractivity contribution is 7.89. The zero-order chi connectivity index (χ0) is 19.3. The Morgan fingerprint density at radius 1 is 1.27 bits per heavy atom. The highest BCUT2D eigenvalue weighted by atomic mass is 32.2. The first kappa shape index (κ1) is 20.2. The molecule has 0 amide bonds. The van der Waals surface area contributed by atoms with Crippen LogP contribution in [0.25, 0.3) is 0 Å². The molecule has 0 radical (unpaired) electrons. The molecular formula is C13H15F3N6O2S2. The van der Waals surface area contributed by atoms with Crippen LogP contribution >= 0.6 is 11.3 Å². The Morgan fingerprint density at radius 2 is 2.00 bits per heavy atom. The highest BCUT2D eigenvalue weighted by Gasteiger charge is 2.25. The molecule has 2 rings (SSSR count). The number of aromatic nitrogens is 2. The first-order valence-electron chi connectivity index (χ1n) is 7.19. The van der Waals surface area contributed by atoms with E-state index in [9.17, 15) is 17.5 Å². The Bertz CT molecular complexity index is 909. The normalized spacial score (nSPS) is 14.0. The van der Waals surface area contributed by atoms with E-state index >= 15 is 0 Å². The lowest BCUT2D eigenvalue weighted by Gasteiger charge is -2.13. The zero-order valence-electron chi connectivity index (χ0n) is 14.0. The lowest BCUT2D eigenvalue weighted by molar-refractivity contribution is -0.000950. The van der Waals surface area contributed by atoms with E-state index in [1.165, 1.54) is 23.5 Å². The fraction of sp³-hybridized carbons (Fsp3) is 0.385. The molecule has 0 spiro atoms. The molecule has 0 bridgehead atoms. The van der Waals surface area contributed by atoms with Gasteiger partial charge in [0.25, 0.3) is 15.1 Å². The Hall–Kier alpha value is -2.12. The lowest BCUT2D eigenvalue weighted by atomic mass is 10.2. The minimum absolute atomic E-state index is 0.00530. The van der Waals surface area contributed by atoms with Crippen LogP contribution in [-0.2, 0) is 20.8 Å². The molecule has 26 heavy (non-hydrogen) atoms. The minimum Gasteiger partial charge on any atom is -0.378 e. The second kappa shape index (κ2) is 8.51. The summed E-state index contributed by atoms with van der Waals surface area (Å²) < 4.78 is 56.1. The van der Waals surface area contributed by atoms with Crippen LogP contribution in [0, 0.1) is 0 Å². The number of nitrogens with zero attached hydrogens (tertiary/aromatic N) is 6. The van der Waals surface area contributed by atoms with Gasteiger partial charge in [-0.25, -0.2) is 4.21 Å². The van der Waals surface area contributed by atoms with E-state index in [1.807, 2.05) is 6.92 Å². The Kier molecular flexibility index (Phi) is 6.61. The molecule has 0 aliphatic carbocycles. The third kappa shape index (κ3) is 4.74. The molecule has 13 heteroatoms. The molecule has 1 atom stereocenters. The third-order valence-corrected chi connectivity index (χ3v) is 5.05. The summed E-state index contributed by atoms with van der Waals surface area (Å²) in [6.45, 7) is 1.90. The van der Waals surface area contributed by atoms with Gasteiger partial charge in [0.15, 0.2) is 0 Å². The second-order valence-corrected chi connectivity index (χ2v) is 7.76. The van der Waals surface area contributed by atoms with E-state index in [0.29, 0.717) is 12.1 Å². The number of hydrogen-bond acceptors (Lipinski definition) is 9. The number of rotatable bonds is 7. The molecule has 1 heterocycles. The topological polar surface area (TPSA) is 92.4 Å². The summed E-state index contributed by atoms with van der Waals surface area (Å²) in [6.07, 6.45) is 0.676. The van der Waals surface area contributed by atoms with E-state index in [4.69, 9.17) is 0 Å². The first-order valence-corrected chi connectivity index (χ1v) is 9.51. The van der Waals surface area contributed by atoms with Gasteiger partial charge in [-0.1, -0.05) is 22.6 Å². The second-order valence-electron chi connectivity index (χ2n) is 5.03. The van der Waals surface area contributed by atoms with Crippen molar-refractivity contribution in [3.05, 3.63) is 23.2 Å². The molecule has 8 nitrogen and oxygen atoms in total. The van der Waals surface area contributed by atoms with Gasteiger partial charge in [0, 0.05) is 19.8 Å². The molecule has 1 unspecified atom stereocenters. The molecule has 0 aliphatic rings. The van der Waals surface area contributed by atoms with Crippen molar-refractivity contribution in [3.63, 3.8) is 0 Å². The van der Waals surface area contributed by atoms with Crippen LogP contribution in [0.5, 0.6) is 0 Å². The minimum atomic E-state index is -4.86. The Balaban J connectivity index is 2.51. The van der Waals surface area contributed by atoms with Crippen LogP contribution in [0.1, 0.15) is 11.9 Å². The van der Waals surface area contributed by atoms with E-state index < -0.39 is 15.8 Å². The summed E-state index contributed by atoms with van der Waals surface area (Å²) in [7, 11) is -1.47.